The van der Waals surface area contributed by atoms with E-state index in [1.807, 2.05) is 20.8 Å². The van der Waals surface area contributed by atoms with Gasteiger partial charge in [-0.2, -0.15) is 0 Å². The predicted octanol–water partition coefficient (Wildman–Crippen LogP) is 3.28. The number of ether oxygens (including phenoxy) is 1. The predicted molar refractivity (Wildman–Crippen MR) is 74.5 cm³/mol. The molecular weight excluding hydrogens is 280 g/mol. The summed E-state index contributed by atoms with van der Waals surface area (Å²) in [5.74, 6) is -3.16. The lowest BCUT2D eigenvalue weighted by Crippen LogP contribution is -2.58. The van der Waals surface area contributed by atoms with E-state index >= 15 is 0 Å². The maximum atomic E-state index is 13.9. The first-order valence-electron chi connectivity index (χ1n) is 6.87. The third kappa shape index (κ3) is 2.85. The van der Waals surface area contributed by atoms with Crippen molar-refractivity contribution in [2.45, 2.75) is 39.3 Å². The number of anilines is 1. The van der Waals surface area contributed by atoms with Crippen molar-refractivity contribution in [3.63, 3.8) is 0 Å². The first-order chi connectivity index (χ1) is 9.77. The quantitative estimate of drug-likeness (QED) is 0.876. The van der Waals surface area contributed by atoms with Crippen molar-refractivity contribution >= 4 is 11.7 Å². The molecule has 0 saturated heterocycles. The van der Waals surface area contributed by atoms with Crippen LogP contribution in [0.25, 0.3) is 0 Å². The van der Waals surface area contributed by atoms with Crippen molar-refractivity contribution < 1.29 is 23.4 Å². The Morgan fingerprint density at radius 2 is 2.00 bits per heavy atom. The second-order valence-corrected chi connectivity index (χ2v) is 5.82. The van der Waals surface area contributed by atoms with Crippen molar-refractivity contribution in [3.05, 3.63) is 29.3 Å². The largest absolute Gasteiger partial charge is 0.478 e. The van der Waals surface area contributed by atoms with Crippen LogP contribution in [-0.2, 0) is 4.74 Å². The molecular formula is C15H19F2NO3. The number of carboxylic acid groups (broad SMARTS) is 1. The molecule has 2 unspecified atom stereocenters. The summed E-state index contributed by atoms with van der Waals surface area (Å²) in [7, 11) is 0. The van der Waals surface area contributed by atoms with E-state index in [0.29, 0.717) is 13.0 Å². The number of carbonyl (C=O) groups is 1. The third-order valence-corrected chi connectivity index (χ3v) is 4.15. The molecule has 2 N–H and O–H groups in total. The minimum absolute atomic E-state index is 0.0458. The zero-order chi connectivity index (χ0) is 15.8. The van der Waals surface area contributed by atoms with E-state index in [4.69, 9.17) is 9.84 Å². The standard InChI is InChI=1S/C15H19F2NO3/c1-4-21-12-7-11(15(12,2)3)18-13-9(16)5-8(14(19)20)6-10(13)17/h5-6,11-12,18H,4,7H2,1-3H3,(H,19,20). The van der Waals surface area contributed by atoms with E-state index in [9.17, 15) is 13.6 Å². The van der Waals surface area contributed by atoms with E-state index in [1.165, 1.54) is 0 Å². The van der Waals surface area contributed by atoms with Gasteiger partial charge in [-0.05, 0) is 25.5 Å². The lowest BCUT2D eigenvalue weighted by atomic mass is 9.64. The second-order valence-electron chi connectivity index (χ2n) is 5.82. The fourth-order valence-electron chi connectivity index (χ4n) is 2.62. The number of hydrogen-bond acceptors (Lipinski definition) is 3. The van der Waals surface area contributed by atoms with Gasteiger partial charge in [0.2, 0.25) is 0 Å². The fraction of sp³-hybridized carbons (Fsp3) is 0.533. The Morgan fingerprint density at radius 1 is 1.43 bits per heavy atom. The highest BCUT2D eigenvalue weighted by atomic mass is 19.1. The van der Waals surface area contributed by atoms with Crippen LogP contribution in [0.2, 0.25) is 0 Å². The number of rotatable bonds is 5. The molecule has 0 aliphatic heterocycles. The van der Waals surface area contributed by atoms with Crippen LogP contribution in [-0.4, -0.2) is 29.8 Å². The molecule has 0 amide bonds. The topological polar surface area (TPSA) is 58.6 Å². The van der Waals surface area contributed by atoms with E-state index in [2.05, 4.69) is 5.32 Å². The number of nitrogens with one attached hydrogen (secondary N) is 1. The van der Waals surface area contributed by atoms with Gasteiger partial charge in [-0.15, -0.1) is 0 Å². The van der Waals surface area contributed by atoms with Crippen molar-refractivity contribution in [2.75, 3.05) is 11.9 Å². The zero-order valence-electron chi connectivity index (χ0n) is 12.2. The van der Waals surface area contributed by atoms with Crippen LogP contribution in [0, 0.1) is 17.0 Å². The van der Waals surface area contributed by atoms with Crippen LogP contribution in [0.15, 0.2) is 12.1 Å². The molecule has 1 aromatic rings. The minimum atomic E-state index is -1.36. The average molecular weight is 299 g/mol. The van der Waals surface area contributed by atoms with Gasteiger partial charge in [-0.25, -0.2) is 13.6 Å². The smallest absolute Gasteiger partial charge is 0.335 e. The van der Waals surface area contributed by atoms with Crippen LogP contribution in [0.3, 0.4) is 0 Å². The summed E-state index contributed by atoms with van der Waals surface area (Å²) in [6.45, 7) is 6.43. The molecule has 1 fully saturated rings. The average Bonchev–Trinajstić information content (AvgIpc) is 2.40. The fourth-order valence-corrected chi connectivity index (χ4v) is 2.62. The van der Waals surface area contributed by atoms with Crippen LogP contribution in [0.4, 0.5) is 14.5 Å². The Kier molecular flexibility index (Phi) is 4.18. The molecule has 0 aromatic heterocycles. The number of benzene rings is 1. The molecule has 0 bridgehead atoms. The molecule has 1 aliphatic rings. The maximum absolute atomic E-state index is 13.9. The molecule has 0 spiro atoms. The molecule has 1 saturated carbocycles. The minimum Gasteiger partial charge on any atom is -0.478 e. The maximum Gasteiger partial charge on any atom is 0.335 e. The Balaban J connectivity index is 2.16. The SMILES string of the molecule is CCOC1CC(Nc2c(F)cc(C(=O)O)cc2F)C1(C)C. The van der Waals surface area contributed by atoms with Gasteiger partial charge in [0.05, 0.1) is 11.7 Å². The summed E-state index contributed by atoms with van der Waals surface area (Å²) in [5, 5.41) is 11.6. The summed E-state index contributed by atoms with van der Waals surface area (Å²) in [5.41, 5.74) is -0.941. The van der Waals surface area contributed by atoms with Gasteiger partial charge in [0, 0.05) is 18.1 Å². The van der Waals surface area contributed by atoms with Crippen molar-refractivity contribution in [1.82, 2.24) is 0 Å². The van der Waals surface area contributed by atoms with Gasteiger partial charge < -0.3 is 15.2 Å². The summed E-state index contributed by atoms with van der Waals surface area (Å²) in [4.78, 5) is 10.8. The van der Waals surface area contributed by atoms with Gasteiger partial charge >= 0.3 is 5.97 Å². The molecule has 21 heavy (non-hydrogen) atoms. The van der Waals surface area contributed by atoms with Gasteiger partial charge in [-0.3, -0.25) is 0 Å². The normalized spacial score (nSPS) is 23.5. The van der Waals surface area contributed by atoms with Crippen LogP contribution < -0.4 is 5.32 Å². The highest BCUT2D eigenvalue weighted by molar-refractivity contribution is 5.88. The number of carboxylic acids is 1. The van der Waals surface area contributed by atoms with Crippen LogP contribution in [0.5, 0.6) is 0 Å². The summed E-state index contributed by atoms with van der Waals surface area (Å²) < 4.78 is 33.4. The molecule has 116 valence electrons. The van der Waals surface area contributed by atoms with E-state index < -0.39 is 23.2 Å². The molecule has 0 radical (unpaired) electrons. The Labute approximate surface area is 122 Å². The first kappa shape index (κ1) is 15.7. The second kappa shape index (κ2) is 5.60. The third-order valence-electron chi connectivity index (χ3n) is 4.15. The van der Waals surface area contributed by atoms with Crippen molar-refractivity contribution in [3.8, 4) is 0 Å². The summed E-state index contributed by atoms with van der Waals surface area (Å²) >= 11 is 0. The van der Waals surface area contributed by atoms with Gasteiger partial charge in [-0.1, -0.05) is 13.8 Å². The molecule has 1 aromatic carbocycles. The molecule has 6 heteroatoms. The van der Waals surface area contributed by atoms with Gasteiger partial charge in [0.15, 0.2) is 0 Å². The zero-order valence-corrected chi connectivity index (χ0v) is 12.2. The molecule has 2 rings (SSSR count). The highest BCUT2D eigenvalue weighted by Gasteiger charge is 2.49. The van der Waals surface area contributed by atoms with E-state index in [-0.39, 0.29) is 23.2 Å². The summed E-state index contributed by atoms with van der Waals surface area (Å²) in [6.07, 6.45) is 0.699. The lowest BCUT2D eigenvalue weighted by Gasteiger charge is -2.52. The molecule has 1 aliphatic carbocycles. The Hall–Kier alpha value is -1.69. The molecule has 4 nitrogen and oxygen atoms in total. The Bertz CT molecular complexity index is 537. The van der Waals surface area contributed by atoms with E-state index in [0.717, 1.165) is 12.1 Å². The number of hydrogen-bond donors (Lipinski definition) is 2. The monoisotopic (exact) mass is 299 g/mol. The van der Waals surface area contributed by atoms with Crippen molar-refractivity contribution in [2.24, 2.45) is 5.41 Å². The highest BCUT2D eigenvalue weighted by Crippen LogP contribution is 2.44. The molecule has 2 atom stereocenters. The van der Waals surface area contributed by atoms with Crippen molar-refractivity contribution in [1.29, 1.82) is 0 Å². The lowest BCUT2D eigenvalue weighted by molar-refractivity contribution is -0.0977. The van der Waals surface area contributed by atoms with Crippen LogP contribution >= 0.6 is 0 Å². The van der Waals surface area contributed by atoms with Gasteiger partial charge in [0.25, 0.3) is 0 Å². The van der Waals surface area contributed by atoms with Crippen LogP contribution in [0.1, 0.15) is 37.6 Å². The number of halogens is 2. The Morgan fingerprint density at radius 3 is 2.43 bits per heavy atom. The van der Waals surface area contributed by atoms with Gasteiger partial charge in [0.1, 0.15) is 17.3 Å². The number of aromatic carboxylic acids is 1. The summed E-state index contributed by atoms with van der Waals surface area (Å²) in [6, 6.07) is 1.51. The molecule has 0 heterocycles. The van der Waals surface area contributed by atoms with E-state index in [1.54, 1.807) is 0 Å². The first-order valence-corrected chi connectivity index (χ1v) is 6.87.